The summed E-state index contributed by atoms with van der Waals surface area (Å²) in [4.78, 5) is 4.86. The van der Waals surface area contributed by atoms with Crippen molar-refractivity contribution in [1.29, 1.82) is 0 Å². The molecule has 0 aliphatic carbocycles. The standard InChI is InChI=1S/C7H16N2O/c1-10-9-7-3-2-5-8-6-4-7/h7-9H,2-6H2,1H3. The molecule has 0 aromatic rings. The lowest BCUT2D eigenvalue weighted by Gasteiger charge is -2.12. The predicted molar refractivity (Wildman–Crippen MR) is 40.7 cm³/mol. The first-order chi connectivity index (χ1) is 4.93. The monoisotopic (exact) mass is 144 g/mol. The predicted octanol–water partition coefficient (Wildman–Crippen LogP) is 0.280. The minimum Gasteiger partial charge on any atom is -0.317 e. The van der Waals surface area contributed by atoms with E-state index in [1.54, 1.807) is 7.11 Å². The molecule has 3 nitrogen and oxygen atoms in total. The molecule has 0 radical (unpaired) electrons. The highest BCUT2D eigenvalue weighted by Gasteiger charge is 2.09. The van der Waals surface area contributed by atoms with E-state index in [0.29, 0.717) is 6.04 Å². The first-order valence-corrected chi connectivity index (χ1v) is 3.92. The zero-order valence-electron chi connectivity index (χ0n) is 6.52. The first kappa shape index (κ1) is 7.98. The molecule has 1 rings (SSSR count). The summed E-state index contributed by atoms with van der Waals surface area (Å²) < 4.78 is 0. The van der Waals surface area contributed by atoms with Crippen molar-refractivity contribution in [3.05, 3.63) is 0 Å². The van der Waals surface area contributed by atoms with Gasteiger partial charge in [-0.2, -0.15) is 5.48 Å². The van der Waals surface area contributed by atoms with E-state index in [2.05, 4.69) is 10.8 Å². The van der Waals surface area contributed by atoms with Crippen LogP contribution in [0.4, 0.5) is 0 Å². The van der Waals surface area contributed by atoms with Crippen molar-refractivity contribution in [1.82, 2.24) is 10.8 Å². The number of hydroxylamine groups is 1. The second-order valence-corrected chi connectivity index (χ2v) is 2.70. The molecule has 2 N–H and O–H groups in total. The number of hydrogen-bond acceptors (Lipinski definition) is 3. The summed E-state index contributed by atoms with van der Waals surface area (Å²) in [5.41, 5.74) is 2.98. The molecule has 0 spiro atoms. The molecule has 60 valence electrons. The van der Waals surface area contributed by atoms with Crippen LogP contribution in [0.25, 0.3) is 0 Å². The Morgan fingerprint density at radius 2 is 2.30 bits per heavy atom. The molecule has 0 aromatic carbocycles. The highest BCUT2D eigenvalue weighted by Crippen LogP contribution is 2.03. The summed E-state index contributed by atoms with van der Waals surface area (Å²) in [7, 11) is 1.68. The molecule has 0 bridgehead atoms. The minimum atomic E-state index is 0.556. The summed E-state index contributed by atoms with van der Waals surface area (Å²) in [6.45, 7) is 2.27. The lowest BCUT2D eigenvalue weighted by atomic mass is 10.1. The van der Waals surface area contributed by atoms with Crippen LogP contribution < -0.4 is 10.8 Å². The maximum absolute atomic E-state index is 4.86. The van der Waals surface area contributed by atoms with Gasteiger partial charge in [-0.05, 0) is 32.4 Å². The molecule has 0 aromatic heterocycles. The van der Waals surface area contributed by atoms with Crippen LogP contribution in [-0.2, 0) is 4.84 Å². The van der Waals surface area contributed by atoms with Gasteiger partial charge in [0.15, 0.2) is 0 Å². The Bertz CT molecular complexity index is 79.7. The van der Waals surface area contributed by atoms with Gasteiger partial charge >= 0.3 is 0 Å². The Labute approximate surface area is 62.1 Å². The summed E-state index contributed by atoms with van der Waals surface area (Å²) in [5.74, 6) is 0. The third kappa shape index (κ3) is 2.64. The van der Waals surface area contributed by atoms with Crippen LogP contribution in [-0.4, -0.2) is 26.2 Å². The van der Waals surface area contributed by atoms with Gasteiger partial charge in [-0.15, -0.1) is 0 Å². The van der Waals surface area contributed by atoms with Gasteiger partial charge in [0.1, 0.15) is 0 Å². The highest BCUT2D eigenvalue weighted by molar-refractivity contribution is 4.68. The molecule has 1 saturated heterocycles. The number of rotatable bonds is 2. The number of nitrogens with one attached hydrogen (secondary N) is 2. The van der Waals surface area contributed by atoms with Gasteiger partial charge in [-0.25, -0.2) is 0 Å². The van der Waals surface area contributed by atoms with E-state index in [9.17, 15) is 0 Å². The molecule has 1 fully saturated rings. The fourth-order valence-corrected chi connectivity index (χ4v) is 1.30. The lowest BCUT2D eigenvalue weighted by Crippen LogP contribution is -2.28. The van der Waals surface area contributed by atoms with Crippen molar-refractivity contribution < 1.29 is 4.84 Å². The summed E-state index contributed by atoms with van der Waals surface area (Å²) >= 11 is 0. The highest BCUT2D eigenvalue weighted by atomic mass is 16.6. The van der Waals surface area contributed by atoms with Crippen LogP contribution in [0.15, 0.2) is 0 Å². The molecule has 1 aliphatic rings. The Hall–Kier alpha value is -0.120. The van der Waals surface area contributed by atoms with Crippen LogP contribution in [0.2, 0.25) is 0 Å². The third-order valence-corrected chi connectivity index (χ3v) is 1.86. The Morgan fingerprint density at radius 3 is 3.10 bits per heavy atom. The Kier molecular flexibility index (Phi) is 3.72. The zero-order chi connectivity index (χ0) is 7.23. The smallest absolute Gasteiger partial charge is 0.0572 e. The van der Waals surface area contributed by atoms with Crippen molar-refractivity contribution in [3.63, 3.8) is 0 Å². The second kappa shape index (κ2) is 4.66. The van der Waals surface area contributed by atoms with Gasteiger partial charge in [0.05, 0.1) is 7.11 Å². The third-order valence-electron chi connectivity index (χ3n) is 1.86. The van der Waals surface area contributed by atoms with Crippen molar-refractivity contribution in [2.24, 2.45) is 0 Å². The van der Waals surface area contributed by atoms with Crippen molar-refractivity contribution >= 4 is 0 Å². The van der Waals surface area contributed by atoms with Crippen molar-refractivity contribution in [3.8, 4) is 0 Å². The number of hydrogen-bond donors (Lipinski definition) is 2. The van der Waals surface area contributed by atoms with E-state index in [1.165, 1.54) is 19.3 Å². The largest absolute Gasteiger partial charge is 0.317 e. The van der Waals surface area contributed by atoms with E-state index in [-0.39, 0.29) is 0 Å². The molecular formula is C7H16N2O. The van der Waals surface area contributed by atoms with Gasteiger partial charge in [0.2, 0.25) is 0 Å². The van der Waals surface area contributed by atoms with Gasteiger partial charge in [-0.1, -0.05) is 0 Å². The summed E-state index contributed by atoms with van der Waals surface area (Å²) in [5, 5.41) is 3.34. The van der Waals surface area contributed by atoms with Gasteiger partial charge < -0.3 is 10.2 Å². The molecular weight excluding hydrogens is 128 g/mol. The molecule has 10 heavy (non-hydrogen) atoms. The first-order valence-electron chi connectivity index (χ1n) is 3.92. The van der Waals surface area contributed by atoms with Crippen molar-refractivity contribution in [2.45, 2.75) is 25.3 Å². The van der Waals surface area contributed by atoms with Crippen LogP contribution in [0.3, 0.4) is 0 Å². The molecule has 0 amide bonds. The fourth-order valence-electron chi connectivity index (χ4n) is 1.30. The maximum Gasteiger partial charge on any atom is 0.0572 e. The van der Waals surface area contributed by atoms with E-state index in [0.717, 1.165) is 13.1 Å². The fraction of sp³-hybridized carbons (Fsp3) is 1.00. The molecule has 1 atom stereocenters. The maximum atomic E-state index is 4.86. The van der Waals surface area contributed by atoms with Crippen LogP contribution >= 0.6 is 0 Å². The van der Waals surface area contributed by atoms with E-state index in [4.69, 9.17) is 4.84 Å². The minimum absolute atomic E-state index is 0.556. The average Bonchev–Trinajstić information content (AvgIpc) is 2.17. The molecule has 0 saturated carbocycles. The molecule has 1 aliphatic heterocycles. The lowest BCUT2D eigenvalue weighted by molar-refractivity contribution is 0.0571. The Morgan fingerprint density at radius 1 is 1.40 bits per heavy atom. The van der Waals surface area contributed by atoms with E-state index >= 15 is 0 Å². The second-order valence-electron chi connectivity index (χ2n) is 2.70. The normalized spacial score (nSPS) is 27.9. The summed E-state index contributed by atoms with van der Waals surface area (Å²) in [6.07, 6.45) is 3.65. The molecule has 1 unspecified atom stereocenters. The van der Waals surface area contributed by atoms with E-state index < -0.39 is 0 Å². The van der Waals surface area contributed by atoms with Gasteiger partial charge in [0.25, 0.3) is 0 Å². The topological polar surface area (TPSA) is 33.3 Å². The SMILES string of the molecule is CONC1CCCNCC1. The van der Waals surface area contributed by atoms with Gasteiger partial charge in [0, 0.05) is 6.04 Å². The average molecular weight is 144 g/mol. The zero-order valence-corrected chi connectivity index (χ0v) is 6.52. The molecule has 1 heterocycles. The molecule has 3 heteroatoms. The quantitative estimate of drug-likeness (QED) is 0.546. The Balaban J connectivity index is 2.15. The van der Waals surface area contributed by atoms with E-state index in [1.807, 2.05) is 0 Å². The van der Waals surface area contributed by atoms with Crippen LogP contribution in [0.1, 0.15) is 19.3 Å². The van der Waals surface area contributed by atoms with Gasteiger partial charge in [-0.3, -0.25) is 0 Å². The van der Waals surface area contributed by atoms with Crippen LogP contribution in [0.5, 0.6) is 0 Å². The van der Waals surface area contributed by atoms with Crippen LogP contribution in [0, 0.1) is 0 Å². The summed E-state index contributed by atoms with van der Waals surface area (Å²) in [6, 6.07) is 0.556. The van der Waals surface area contributed by atoms with Crippen molar-refractivity contribution in [2.75, 3.05) is 20.2 Å².